The van der Waals surface area contributed by atoms with Gasteiger partial charge in [-0.15, -0.1) is 0 Å². The number of Topliss-reactive ketones (excluding diaryl/α,β-unsaturated/α-hetero) is 1. The van der Waals surface area contributed by atoms with E-state index in [4.69, 9.17) is 5.11 Å². The Balaban J connectivity index is 4.37. The Hall–Kier alpha value is -1.08. The molecule has 0 aromatic heterocycles. The minimum atomic E-state index is -1.07. The lowest BCUT2D eigenvalue weighted by Crippen LogP contribution is -2.49. The summed E-state index contributed by atoms with van der Waals surface area (Å²) in [6, 6.07) is -0.870. The second-order valence-electron chi connectivity index (χ2n) is 4.33. The van der Waals surface area contributed by atoms with Gasteiger partial charge in [0.25, 0.3) is 0 Å². The van der Waals surface area contributed by atoms with E-state index in [2.05, 4.69) is 23.3 Å². The second kappa shape index (κ2) is 8.10. The van der Waals surface area contributed by atoms with Crippen LogP contribution in [-0.2, 0) is 14.4 Å². The molecule has 0 aliphatic heterocycles. The smallest absolute Gasteiger partial charge is 0.305 e. The van der Waals surface area contributed by atoms with Gasteiger partial charge >= 0.3 is 5.97 Å². The van der Waals surface area contributed by atoms with Crippen molar-refractivity contribution in [2.75, 3.05) is 6.54 Å². The minimum absolute atomic E-state index is 0.0281. The largest absolute Gasteiger partial charge is 0.481 e. The molecule has 2 atom stereocenters. The normalized spacial score (nSPS) is 14.1. The molecule has 0 fully saturated rings. The van der Waals surface area contributed by atoms with Crippen LogP contribution in [0.15, 0.2) is 0 Å². The maximum Gasteiger partial charge on any atom is 0.305 e. The molecule has 0 saturated heterocycles. The highest BCUT2D eigenvalue weighted by atomic mass is 32.1. The summed E-state index contributed by atoms with van der Waals surface area (Å²) in [6.07, 6.45) is -0.325. The first-order valence-electron chi connectivity index (χ1n) is 5.70. The third kappa shape index (κ3) is 7.29. The number of ketones is 1. The number of carboxylic acids is 1. The lowest BCUT2D eigenvalue weighted by Gasteiger charge is -2.19. The topological polar surface area (TPSA) is 95.5 Å². The van der Waals surface area contributed by atoms with Crippen LogP contribution in [0.1, 0.15) is 27.2 Å². The Morgan fingerprint density at radius 2 is 1.78 bits per heavy atom. The highest BCUT2D eigenvalue weighted by Crippen LogP contribution is 1.97. The van der Waals surface area contributed by atoms with Crippen molar-refractivity contribution in [3.63, 3.8) is 0 Å². The van der Waals surface area contributed by atoms with Crippen molar-refractivity contribution in [3.05, 3.63) is 0 Å². The van der Waals surface area contributed by atoms with Crippen LogP contribution in [-0.4, -0.2) is 46.6 Å². The molecule has 0 aromatic carbocycles. The third-order valence-electron chi connectivity index (χ3n) is 2.13. The second-order valence-corrected chi connectivity index (χ2v) is 5.11. The molecule has 0 rings (SSSR count). The number of hydrogen-bond donors (Lipinski definition) is 4. The molecular weight excluding hydrogens is 256 g/mol. The van der Waals surface area contributed by atoms with Gasteiger partial charge in [-0.1, -0.05) is 13.8 Å². The molecule has 6 nitrogen and oxygen atoms in total. The van der Waals surface area contributed by atoms with Crippen molar-refractivity contribution in [1.29, 1.82) is 0 Å². The summed E-state index contributed by atoms with van der Waals surface area (Å²) in [5, 5.41) is 13.5. The summed E-state index contributed by atoms with van der Waals surface area (Å²) in [7, 11) is 0. The van der Waals surface area contributed by atoms with Crippen molar-refractivity contribution in [2.45, 2.75) is 44.5 Å². The van der Waals surface area contributed by atoms with E-state index in [1.54, 1.807) is 6.92 Å². The van der Waals surface area contributed by atoms with Gasteiger partial charge in [0.1, 0.15) is 0 Å². The predicted octanol–water partition coefficient (Wildman–Crippen LogP) is -0.169. The van der Waals surface area contributed by atoms with Crippen LogP contribution in [0.3, 0.4) is 0 Å². The maximum absolute atomic E-state index is 11.7. The first-order valence-corrected chi connectivity index (χ1v) is 6.22. The fraction of sp³-hybridized carbons (Fsp3) is 0.727. The number of hydrogen-bond acceptors (Lipinski definition) is 5. The number of carboxylic acid groups (broad SMARTS) is 1. The fourth-order valence-electron chi connectivity index (χ4n) is 1.25. The lowest BCUT2D eigenvalue weighted by molar-refractivity contribution is -0.140. The van der Waals surface area contributed by atoms with Gasteiger partial charge in [-0.2, -0.15) is 12.6 Å². The molecule has 1 amide bonds. The third-order valence-corrected chi connectivity index (χ3v) is 2.42. The quantitative estimate of drug-likeness (QED) is 0.462. The molecule has 104 valence electrons. The predicted molar refractivity (Wildman–Crippen MR) is 70.8 cm³/mol. The summed E-state index contributed by atoms with van der Waals surface area (Å²) >= 11 is 3.95. The molecule has 1 unspecified atom stereocenters. The Morgan fingerprint density at radius 1 is 1.22 bits per heavy atom. The van der Waals surface area contributed by atoms with Gasteiger partial charge < -0.3 is 15.7 Å². The summed E-state index contributed by atoms with van der Waals surface area (Å²) in [4.78, 5) is 33.7. The molecule has 0 bridgehead atoms. The Bertz CT molecular complexity index is 318. The molecule has 0 aliphatic rings. The molecular formula is C11H20N2O4S. The monoisotopic (exact) mass is 276 g/mol. The van der Waals surface area contributed by atoms with Gasteiger partial charge in [0, 0.05) is 6.04 Å². The summed E-state index contributed by atoms with van der Waals surface area (Å²) in [6.45, 7) is 5.09. The van der Waals surface area contributed by atoms with Crippen LogP contribution in [0.2, 0.25) is 0 Å². The summed E-state index contributed by atoms with van der Waals surface area (Å²) in [5.74, 6) is -1.78. The van der Waals surface area contributed by atoms with Crippen molar-refractivity contribution in [1.82, 2.24) is 10.6 Å². The van der Waals surface area contributed by atoms with Crippen molar-refractivity contribution < 1.29 is 19.5 Å². The number of aliphatic carboxylic acids is 1. The fourth-order valence-corrected chi connectivity index (χ4v) is 1.34. The van der Waals surface area contributed by atoms with E-state index in [9.17, 15) is 14.4 Å². The number of thiol groups is 1. The average Bonchev–Trinajstić information content (AvgIpc) is 2.22. The first kappa shape index (κ1) is 16.9. The molecule has 0 heterocycles. The van der Waals surface area contributed by atoms with Gasteiger partial charge in [0.15, 0.2) is 5.78 Å². The molecule has 0 aromatic rings. The Kier molecular flexibility index (Phi) is 7.61. The van der Waals surface area contributed by atoms with Gasteiger partial charge in [-0.25, -0.2) is 0 Å². The molecule has 3 N–H and O–H groups in total. The van der Waals surface area contributed by atoms with Gasteiger partial charge in [-0.3, -0.25) is 14.4 Å². The molecule has 0 spiro atoms. The Labute approximate surface area is 112 Å². The zero-order valence-corrected chi connectivity index (χ0v) is 11.7. The highest BCUT2D eigenvalue weighted by molar-refractivity contribution is 7.81. The average molecular weight is 276 g/mol. The maximum atomic E-state index is 11.7. The highest BCUT2D eigenvalue weighted by Gasteiger charge is 2.22. The Morgan fingerprint density at radius 3 is 2.17 bits per heavy atom. The summed E-state index contributed by atoms with van der Waals surface area (Å²) in [5.41, 5.74) is 0. The van der Waals surface area contributed by atoms with E-state index in [0.29, 0.717) is 0 Å². The number of carbonyl (C=O) groups excluding carboxylic acids is 2. The van der Waals surface area contributed by atoms with Crippen molar-refractivity contribution in [3.8, 4) is 0 Å². The van der Waals surface area contributed by atoms with E-state index in [0.717, 1.165) is 0 Å². The van der Waals surface area contributed by atoms with E-state index < -0.39 is 23.2 Å². The lowest BCUT2D eigenvalue weighted by atomic mass is 10.1. The number of carbonyl (C=O) groups is 3. The minimum Gasteiger partial charge on any atom is -0.481 e. The van der Waals surface area contributed by atoms with E-state index >= 15 is 0 Å². The van der Waals surface area contributed by atoms with Crippen LogP contribution in [0.5, 0.6) is 0 Å². The number of nitrogens with one attached hydrogen (secondary N) is 2. The van der Waals surface area contributed by atoms with E-state index in [1.807, 2.05) is 13.8 Å². The van der Waals surface area contributed by atoms with Crippen LogP contribution in [0.4, 0.5) is 0 Å². The van der Waals surface area contributed by atoms with Gasteiger partial charge in [0.2, 0.25) is 5.91 Å². The first-order chi connectivity index (χ1) is 8.23. The molecule has 0 saturated carbocycles. The molecule has 0 aliphatic carbocycles. The molecule has 7 heteroatoms. The van der Waals surface area contributed by atoms with E-state index in [1.165, 1.54) is 0 Å². The summed E-state index contributed by atoms with van der Waals surface area (Å²) < 4.78 is 0. The standard InChI is InChI=1S/C11H20N2O4S/c1-6(2)13-8(4-10(15)16)11(17)12-5-9(14)7(3)18/h6-8,13,18H,4-5H2,1-3H3,(H,12,17)(H,15,16)/t7?,8-/m0/s1. The molecule has 0 radical (unpaired) electrons. The molecule has 18 heavy (non-hydrogen) atoms. The van der Waals surface area contributed by atoms with Gasteiger partial charge in [-0.05, 0) is 6.92 Å². The van der Waals surface area contributed by atoms with Crippen molar-refractivity contribution >= 4 is 30.3 Å². The van der Waals surface area contributed by atoms with Crippen LogP contribution < -0.4 is 10.6 Å². The number of amides is 1. The van der Waals surface area contributed by atoms with Crippen molar-refractivity contribution in [2.24, 2.45) is 0 Å². The van der Waals surface area contributed by atoms with Crippen LogP contribution in [0.25, 0.3) is 0 Å². The zero-order chi connectivity index (χ0) is 14.3. The zero-order valence-electron chi connectivity index (χ0n) is 10.8. The number of rotatable bonds is 8. The van der Waals surface area contributed by atoms with E-state index in [-0.39, 0.29) is 24.8 Å². The SMILES string of the molecule is CC(C)N[C@@H](CC(=O)O)C(=O)NCC(=O)C(C)S. The van der Waals surface area contributed by atoms with Gasteiger partial charge in [0.05, 0.1) is 24.3 Å². The van der Waals surface area contributed by atoms with Crippen LogP contribution in [0, 0.1) is 0 Å². The van der Waals surface area contributed by atoms with Crippen LogP contribution >= 0.6 is 12.6 Å².